The van der Waals surface area contributed by atoms with Gasteiger partial charge in [0.1, 0.15) is 0 Å². The van der Waals surface area contributed by atoms with Gasteiger partial charge in [-0.1, -0.05) is 0 Å². The molecule has 0 spiro atoms. The van der Waals surface area contributed by atoms with Crippen molar-refractivity contribution in [2.24, 2.45) is 7.05 Å². The number of nitrogens with zero attached hydrogens (tertiary/aromatic N) is 3. The molecular formula is C12H23N5O. The maximum Gasteiger partial charge on any atom is 0.316 e. The molecule has 1 rings (SSSR count). The van der Waals surface area contributed by atoms with Crippen molar-refractivity contribution in [1.29, 1.82) is 0 Å². The standard InChI is InChI=1S/C12H23N5O/c1-9(11-8-17(5)15-10(11)2)13-6-7-14-12(18)16(3)4/h8-9,13H,6-7H2,1-5H3,(H,14,18). The molecule has 0 aromatic carbocycles. The van der Waals surface area contributed by atoms with Crippen LogP contribution in [0.25, 0.3) is 0 Å². The van der Waals surface area contributed by atoms with Crippen LogP contribution in [-0.4, -0.2) is 47.9 Å². The number of hydrogen-bond donors (Lipinski definition) is 2. The Morgan fingerprint density at radius 2 is 2.17 bits per heavy atom. The number of rotatable bonds is 5. The summed E-state index contributed by atoms with van der Waals surface area (Å²) >= 11 is 0. The van der Waals surface area contributed by atoms with E-state index in [2.05, 4.69) is 22.7 Å². The molecule has 0 saturated heterocycles. The van der Waals surface area contributed by atoms with Gasteiger partial charge in [-0.2, -0.15) is 5.10 Å². The van der Waals surface area contributed by atoms with E-state index >= 15 is 0 Å². The van der Waals surface area contributed by atoms with Crippen molar-refractivity contribution in [1.82, 2.24) is 25.3 Å². The van der Waals surface area contributed by atoms with Gasteiger partial charge in [-0.05, 0) is 13.8 Å². The molecule has 2 N–H and O–H groups in total. The Labute approximate surface area is 108 Å². The molecule has 1 aromatic heterocycles. The molecule has 0 aliphatic rings. The van der Waals surface area contributed by atoms with Crippen molar-refractivity contribution in [3.63, 3.8) is 0 Å². The van der Waals surface area contributed by atoms with Crippen LogP contribution in [0.4, 0.5) is 4.79 Å². The summed E-state index contributed by atoms with van der Waals surface area (Å²) in [6.45, 7) is 5.44. The van der Waals surface area contributed by atoms with Crippen molar-refractivity contribution in [3.8, 4) is 0 Å². The summed E-state index contributed by atoms with van der Waals surface area (Å²) in [6.07, 6.45) is 2.02. The van der Waals surface area contributed by atoms with Gasteiger partial charge < -0.3 is 15.5 Å². The lowest BCUT2D eigenvalue weighted by atomic mass is 10.1. The Bertz CT molecular complexity index is 399. The number of aryl methyl sites for hydroxylation is 2. The van der Waals surface area contributed by atoms with Crippen molar-refractivity contribution in [2.45, 2.75) is 19.9 Å². The molecule has 0 radical (unpaired) electrons. The summed E-state index contributed by atoms with van der Waals surface area (Å²) in [4.78, 5) is 12.8. The van der Waals surface area contributed by atoms with Gasteiger partial charge in [0.05, 0.1) is 5.69 Å². The molecule has 0 aliphatic heterocycles. The molecule has 18 heavy (non-hydrogen) atoms. The highest BCUT2D eigenvalue weighted by Crippen LogP contribution is 2.14. The number of carbonyl (C=O) groups excluding carboxylic acids is 1. The number of urea groups is 1. The number of aromatic nitrogens is 2. The normalized spacial score (nSPS) is 12.3. The van der Waals surface area contributed by atoms with Gasteiger partial charge in [-0.15, -0.1) is 0 Å². The molecule has 0 bridgehead atoms. The largest absolute Gasteiger partial charge is 0.337 e. The summed E-state index contributed by atoms with van der Waals surface area (Å²) in [6, 6.07) is 0.164. The Morgan fingerprint density at radius 1 is 1.50 bits per heavy atom. The van der Waals surface area contributed by atoms with E-state index in [1.54, 1.807) is 14.1 Å². The molecule has 6 heteroatoms. The monoisotopic (exact) mass is 253 g/mol. The minimum Gasteiger partial charge on any atom is -0.337 e. The molecule has 102 valence electrons. The predicted octanol–water partition coefficient (Wildman–Crippen LogP) is 0.650. The second-order valence-corrected chi connectivity index (χ2v) is 4.65. The van der Waals surface area contributed by atoms with Crippen LogP contribution in [0.3, 0.4) is 0 Å². The molecule has 0 fully saturated rings. The number of hydrogen-bond acceptors (Lipinski definition) is 3. The highest BCUT2D eigenvalue weighted by atomic mass is 16.2. The van der Waals surface area contributed by atoms with E-state index in [-0.39, 0.29) is 12.1 Å². The summed E-state index contributed by atoms with van der Waals surface area (Å²) < 4.78 is 1.82. The molecular weight excluding hydrogens is 230 g/mol. The number of carbonyl (C=O) groups is 1. The maximum atomic E-state index is 11.3. The summed E-state index contributed by atoms with van der Waals surface area (Å²) in [5.74, 6) is 0. The van der Waals surface area contributed by atoms with Crippen molar-refractivity contribution in [3.05, 3.63) is 17.5 Å². The topological polar surface area (TPSA) is 62.2 Å². The highest BCUT2D eigenvalue weighted by molar-refractivity contribution is 5.73. The highest BCUT2D eigenvalue weighted by Gasteiger charge is 2.10. The average Bonchev–Trinajstić information content (AvgIpc) is 2.63. The van der Waals surface area contributed by atoms with Crippen LogP contribution in [0.5, 0.6) is 0 Å². The van der Waals surface area contributed by atoms with Crippen LogP contribution < -0.4 is 10.6 Å². The smallest absolute Gasteiger partial charge is 0.316 e. The van der Waals surface area contributed by atoms with Gasteiger partial charge in [0, 0.05) is 52.0 Å². The molecule has 6 nitrogen and oxygen atoms in total. The van der Waals surface area contributed by atoms with Crippen molar-refractivity contribution >= 4 is 6.03 Å². The zero-order chi connectivity index (χ0) is 13.7. The SMILES string of the molecule is Cc1nn(C)cc1C(C)NCCNC(=O)N(C)C. The number of amides is 2. The van der Waals surface area contributed by atoms with Gasteiger partial charge >= 0.3 is 6.03 Å². The van der Waals surface area contributed by atoms with Crippen molar-refractivity contribution < 1.29 is 4.79 Å². The fourth-order valence-corrected chi connectivity index (χ4v) is 1.77. The second kappa shape index (κ2) is 6.39. The van der Waals surface area contributed by atoms with Crippen LogP contribution in [0.2, 0.25) is 0 Å². The first-order valence-electron chi connectivity index (χ1n) is 6.10. The lowest BCUT2D eigenvalue weighted by molar-refractivity contribution is 0.217. The van der Waals surface area contributed by atoms with Crippen LogP contribution in [-0.2, 0) is 7.05 Å². The Kier molecular flexibility index (Phi) is 5.15. The quantitative estimate of drug-likeness (QED) is 0.757. The molecule has 0 saturated carbocycles. The van der Waals surface area contributed by atoms with Crippen LogP contribution in [0.1, 0.15) is 24.2 Å². The van der Waals surface area contributed by atoms with E-state index in [1.807, 2.05) is 24.9 Å². The third-order valence-corrected chi connectivity index (χ3v) is 2.78. The summed E-state index contributed by atoms with van der Waals surface area (Å²) in [5, 5.41) is 10.5. The third-order valence-electron chi connectivity index (χ3n) is 2.78. The van der Waals surface area contributed by atoms with Gasteiger partial charge in [0.15, 0.2) is 0 Å². The molecule has 1 atom stereocenters. The van der Waals surface area contributed by atoms with Gasteiger partial charge in [0.2, 0.25) is 0 Å². The lowest BCUT2D eigenvalue weighted by Crippen LogP contribution is -2.38. The van der Waals surface area contributed by atoms with E-state index in [0.717, 1.165) is 12.2 Å². The van der Waals surface area contributed by atoms with E-state index in [4.69, 9.17) is 0 Å². The fraction of sp³-hybridized carbons (Fsp3) is 0.667. The first-order valence-corrected chi connectivity index (χ1v) is 6.10. The minimum absolute atomic E-state index is 0.0676. The van der Waals surface area contributed by atoms with Crippen LogP contribution in [0, 0.1) is 6.92 Å². The minimum atomic E-state index is -0.0676. The molecule has 2 amide bonds. The molecule has 0 aliphatic carbocycles. The van der Waals surface area contributed by atoms with Gasteiger partial charge in [0.25, 0.3) is 0 Å². The predicted molar refractivity (Wildman–Crippen MR) is 71.4 cm³/mol. The first kappa shape index (κ1) is 14.5. The molecule has 1 aromatic rings. The average molecular weight is 253 g/mol. The summed E-state index contributed by atoms with van der Waals surface area (Å²) in [5.41, 5.74) is 2.23. The van der Waals surface area contributed by atoms with E-state index in [1.165, 1.54) is 10.5 Å². The second-order valence-electron chi connectivity index (χ2n) is 4.65. The fourth-order valence-electron chi connectivity index (χ4n) is 1.77. The van der Waals surface area contributed by atoms with E-state index < -0.39 is 0 Å². The third kappa shape index (κ3) is 4.03. The zero-order valence-corrected chi connectivity index (χ0v) is 11.8. The van der Waals surface area contributed by atoms with Gasteiger partial charge in [-0.25, -0.2) is 4.79 Å². The van der Waals surface area contributed by atoms with E-state index in [0.29, 0.717) is 6.54 Å². The lowest BCUT2D eigenvalue weighted by Gasteiger charge is -2.15. The molecule has 1 heterocycles. The van der Waals surface area contributed by atoms with Crippen LogP contribution >= 0.6 is 0 Å². The summed E-state index contributed by atoms with van der Waals surface area (Å²) in [7, 11) is 5.37. The number of nitrogens with one attached hydrogen (secondary N) is 2. The molecule has 1 unspecified atom stereocenters. The zero-order valence-electron chi connectivity index (χ0n) is 11.8. The van der Waals surface area contributed by atoms with Crippen molar-refractivity contribution in [2.75, 3.05) is 27.2 Å². The maximum absolute atomic E-state index is 11.3. The van der Waals surface area contributed by atoms with E-state index in [9.17, 15) is 4.79 Å². The Hall–Kier alpha value is -1.56. The Balaban J connectivity index is 2.32. The Morgan fingerprint density at radius 3 is 2.67 bits per heavy atom. The van der Waals surface area contributed by atoms with Crippen LogP contribution in [0.15, 0.2) is 6.20 Å². The first-order chi connectivity index (χ1) is 8.41. The van der Waals surface area contributed by atoms with Gasteiger partial charge in [-0.3, -0.25) is 4.68 Å².